The van der Waals surface area contributed by atoms with Gasteiger partial charge in [0.25, 0.3) is 0 Å². The van der Waals surface area contributed by atoms with Crippen LogP contribution in [0, 0.1) is 5.82 Å². The maximum Gasteiger partial charge on any atom is 0.124 e. The topological polar surface area (TPSA) is 26.0 Å². The van der Waals surface area contributed by atoms with Gasteiger partial charge in [0.05, 0.1) is 0 Å². The quantitative estimate of drug-likeness (QED) is 0.887. The molecule has 0 aliphatic rings. The molecule has 2 rings (SSSR count). The molecule has 1 atom stereocenters. The second kappa shape index (κ2) is 5.34. The van der Waals surface area contributed by atoms with Crippen molar-refractivity contribution in [2.24, 2.45) is 5.73 Å². The van der Waals surface area contributed by atoms with Crippen LogP contribution in [0.5, 0.6) is 0 Å². The largest absolute Gasteiger partial charge is 0.324 e. The highest BCUT2D eigenvalue weighted by atomic mass is 32.2. The molecular formula is C14H14FNS. The van der Waals surface area contributed by atoms with E-state index in [1.165, 1.54) is 12.1 Å². The highest BCUT2D eigenvalue weighted by molar-refractivity contribution is 7.99. The Morgan fingerprint density at radius 3 is 2.35 bits per heavy atom. The summed E-state index contributed by atoms with van der Waals surface area (Å²) in [7, 11) is 0. The van der Waals surface area contributed by atoms with Gasteiger partial charge in [-0.2, -0.15) is 0 Å². The van der Waals surface area contributed by atoms with Gasteiger partial charge in [-0.05, 0) is 42.8 Å². The first-order valence-electron chi connectivity index (χ1n) is 5.44. The van der Waals surface area contributed by atoms with E-state index in [9.17, 15) is 4.39 Å². The van der Waals surface area contributed by atoms with E-state index in [1.54, 1.807) is 17.8 Å². The van der Waals surface area contributed by atoms with E-state index in [4.69, 9.17) is 5.73 Å². The minimum atomic E-state index is -0.206. The first kappa shape index (κ1) is 12.1. The van der Waals surface area contributed by atoms with E-state index in [1.807, 2.05) is 37.3 Å². The molecule has 88 valence electrons. The fourth-order valence-electron chi connectivity index (χ4n) is 1.51. The standard InChI is InChI=1S/C14H14FNS/c1-10(16)11-5-7-13(8-6-11)17-14-4-2-3-12(15)9-14/h2-10H,16H2,1H3/t10-/m1/s1. The second-order valence-corrected chi connectivity index (χ2v) is 5.06. The van der Waals surface area contributed by atoms with Crippen molar-refractivity contribution in [2.45, 2.75) is 22.8 Å². The minimum Gasteiger partial charge on any atom is -0.324 e. The van der Waals surface area contributed by atoms with E-state index in [-0.39, 0.29) is 11.9 Å². The molecule has 0 heterocycles. The molecule has 3 heteroatoms. The van der Waals surface area contributed by atoms with Crippen LogP contribution in [0.25, 0.3) is 0 Å². The summed E-state index contributed by atoms with van der Waals surface area (Å²) in [6.45, 7) is 1.95. The number of halogens is 1. The number of benzene rings is 2. The van der Waals surface area contributed by atoms with Crippen molar-refractivity contribution in [2.75, 3.05) is 0 Å². The van der Waals surface area contributed by atoms with Gasteiger partial charge in [0, 0.05) is 15.8 Å². The van der Waals surface area contributed by atoms with Crippen molar-refractivity contribution in [3.05, 3.63) is 59.9 Å². The van der Waals surface area contributed by atoms with Gasteiger partial charge in [-0.1, -0.05) is 30.0 Å². The maximum atomic E-state index is 13.0. The molecule has 0 radical (unpaired) electrons. The second-order valence-electron chi connectivity index (χ2n) is 3.92. The fraction of sp³-hybridized carbons (Fsp3) is 0.143. The van der Waals surface area contributed by atoms with E-state index >= 15 is 0 Å². The summed E-state index contributed by atoms with van der Waals surface area (Å²) in [5.74, 6) is -0.206. The Balaban J connectivity index is 2.14. The fourth-order valence-corrected chi connectivity index (χ4v) is 2.37. The van der Waals surface area contributed by atoms with Crippen molar-refractivity contribution in [1.82, 2.24) is 0 Å². The summed E-state index contributed by atoms with van der Waals surface area (Å²) in [4.78, 5) is 1.98. The van der Waals surface area contributed by atoms with Gasteiger partial charge in [0.15, 0.2) is 0 Å². The van der Waals surface area contributed by atoms with E-state index < -0.39 is 0 Å². The Bertz CT molecular complexity index is 494. The summed E-state index contributed by atoms with van der Waals surface area (Å²) in [6, 6.07) is 14.7. The van der Waals surface area contributed by atoms with Crippen LogP contribution in [-0.4, -0.2) is 0 Å². The molecule has 2 N–H and O–H groups in total. The molecule has 0 spiro atoms. The number of rotatable bonds is 3. The molecule has 0 bridgehead atoms. The van der Waals surface area contributed by atoms with Gasteiger partial charge in [-0.25, -0.2) is 4.39 Å². The van der Waals surface area contributed by atoms with Crippen LogP contribution >= 0.6 is 11.8 Å². The Kier molecular flexibility index (Phi) is 3.82. The Morgan fingerprint density at radius 1 is 1.06 bits per heavy atom. The Morgan fingerprint density at radius 2 is 1.76 bits per heavy atom. The van der Waals surface area contributed by atoms with Crippen LogP contribution in [0.15, 0.2) is 58.3 Å². The molecule has 0 saturated heterocycles. The molecule has 17 heavy (non-hydrogen) atoms. The molecule has 0 aliphatic heterocycles. The van der Waals surface area contributed by atoms with Gasteiger partial charge >= 0.3 is 0 Å². The first-order valence-corrected chi connectivity index (χ1v) is 6.26. The summed E-state index contributed by atoms with van der Waals surface area (Å²) < 4.78 is 13.0. The molecule has 2 aromatic rings. The van der Waals surface area contributed by atoms with Crippen LogP contribution in [-0.2, 0) is 0 Å². The Hall–Kier alpha value is -1.32. The zero-order valence-electron chi connectivity index (χ0n) is 9.56. The lowest BCUT2D eigenvalue weighted by molar-refractivity contribution is 0.624. The predicted molar refractivity (Wildman–Crippen MR) is 69.6 cm³/mol. The van der Waals surface area contributed by atoms with Crippen molar-refractivity contribution in [3.8, 4) is 0 Å². The van der Waals surface area contributed by atoms with Gasteiger partial charge in [-0.15, -0.1) is 0 Å². The van der Waals surface area contributed by atoms with Gasteiger partial charge in [0.1, 0.15) is 5.82 Å². The predicted octanol–water partition coefficient (Wildman–Crippen LogP) is 4.00. The smallest absolute Gasteiger partial charge is 0.124 e. The summed E-state index contributed by atoms with van der Waals surface area (Å²) >= 11 is 1.54. The van der Waals surface area contributed by atoms with Gasteiger partial charge in [0.2, 0.25) is 0 Å². The van der Waals surface area contributed by atoms with Crippen molar-refractivity contribution in [1.29, 1.82) is 0 Å². The third kappa shape index (κ3) is 3.32. The molecule has 0 amide bonds. The number of hydrogen-bond donors (Lipinski definition) is 1. The van der Waals surface area contributed by atoms with E-state index in [2.05, 4.69) is 0 Å². The Labute approximate surface area is 105 Å². The lowest BCUT2D eigenvalue weighted by atomic mass is 10.1. The highest BCUT2D eigenvalue weighted by Crippen LogP contribution is 2.28. The summed E-state index contributed by atoms with van der Waals surface area (Å²) in [5, 5.41) is 0. The van der Waals surface area contributed by atoms with Crippen LogP contribution in [0.2, 0.25) is 0 Å². The lowest BCUT2D eigenvalue weighted by Crippen LogP contribution is -2.04. The van der Waals surface area contributed by atoms with Crippen molar-refractivity contribution < 1.29 is 4.39 Å². The lowest BCUT2D eigenvalue weighted by Gasteiger charge is -2.06. The van der Waals surface area contributed by atoms with Crippen LogP contribution in [0.1, 0.15) is 18.5 Å². The van der Waals surface area contributed by atoms with Gasteiger partial charge in [-0.3, -0.25) is 0 Å². The average Bonchev–Trinajstić information content (AvgIpc) is 2.29. The van der Waals surface area contributed by atoms with Gasteiger partial charge < -0.3 is 5.73 Å². The number of nitrogens with two attached hydrogens (primary N) is 1. The van der Waals surface area contributed by atoms with Crippen LogP contribution in [0.4, 0.5) is 4.39 Å². The minimum absolute atomic E-state index is 0.0446. The summed E-state index contributed by atoms with van der Waals surface area (Å²) in [5.41, 5.74) is 6.89. The monoisotopic (exact) mass is 247 g/mol. The molecule has 0 fully saturated rings. The maximum absolute atomic E-state index is 13.0. The third-order valence-electron chi connectivity index (χ3n) is 2.44. The zero-order valence-corrected chi connectivity index (χ0v) is 10.4. The van der Waals surface area contributed by atoms with E-state index in [0.29, 0.717) is 0 Å². The number of hydrogen-bond acceptors (Lipinski definition) is 2. The molecule has 0 aromatic heterocycles. The third-order valence-corrected chi connectivity index (χ3v) is 3.44. The van der Waals surface area contributed by atoms with Crippen LogP contribution in [0.3, 0.4) is 0 Å². The average molecular weight is 247 g/mol. The van der Waals surface area contributed by atoms with E-state index in [0.717, 1.165) is 15.4 Å². The SMILES string of the molecule is C[C@@H](N)c1ccc(Sc2cccc(F)c2)cc1. The molecule has 0 aliphatic carbocycles. The highest BCUT2D eigenvalue weighted by Gasteiger charge is 2.01. The molecule has 1 nitrogen and oxygen atoms in total. The molecule has 2 aromatic carbocycles. The first-order chi connectivity index (χ1) is 8.15. The zero-order chi connectivity index (χ0) is 12.3. The molecular weight excluding hydrogens is 233 g/mol. The van der Waals surface area contributed by atoms with Crippen molar-refractivity contribution in [3.63, 3.8) is 0 Å². The van der Waals surface area contributed by atoms with Crippen molar-refractivity contribution >= 4 is 11.8 Å². The van der Waals surface area contributed by atoms with Crippen LogP contribution < -0.4 is 5.73 Å². The molecule has 0 unspecified atom stereocenters. The molecule has 0 saturated carbocycles. The normalized spacial score (nSPS) is 12.4. The summed E-state index contributed by atoms with van der Waals surface area (Å²) in [6.07, 6.45) is 0.